The molecule has 2 N–H and O–H groups in total. The molecule has 0 radical (unpaired) electrons. The number of nitrogens with one attached hydrogen (secondary N) is 1. The molecule has 198 valence electrons. The summed E-state index contributed by atoms with van der Waals surface area (Å²) in [5.74, 6) is -0.0201. The lowest BCUT2D eigenvalue weighted by Gasteiger charge is -2.36. The number of carbonyl (C=O) groups excluding carboxylic acids is 3. The van der Waals surface area contributed by atoms with Gasteiger partial charge in [-0.25, -0.2) is 4.79 Å². The van der Waals surface area contributed by atoms with Crippen molar-refractivity contribution in [1.29, 1.82) is 0 Å². The molecular weight excluding hydrogens is 460 g/mol. The highest BCUT2D eigenvalue weighted by atomic mass is 28.4. The van der Waals surface area contributed by atoms with Crippen LogP contribution in [-0.2, 0) is 20.7 Å². The van der Waals surface area contributed by atoms with Crippen molar-refractivity contribution in [3.05, 3.63) is 29.8 Å². The predicted octanol–water partition coefficient (Wildman–Crippen LogP) is 5.46. The van der Waals surface area contributed by atoms with Crippen molar-refractivity contribution >= 4 is 32.3 Å². The number of ketones is 1. The Labute approximate surface area is 212 Å². The van der Waals surface area contributed by atoms with Gasteiger partial charge in [-0.3, -0.25) is 9.59 Å². The van der Waals surface area contributed by atoms with E-state index in [1.54, 1.807) is 0 Å². The van der Waals surface area contributed by atoms with Gasteiger partial charge in [0.15, 0.2) is 14.1 Å². The van der Waals surface area contributed by atoms with Crippen molar-refractivity contribution in [2.75, 3.05) is 11.4 Å². The van der Waals surface area contributed by atoms with Crippen LogP contribution in [0, 0.1) is 5.41 Å². The first-order valence-corrected chi connectivity index (χ1v) is 15.3. The molecule has 0 saturated heterocycles. The average Bonchev–Trinajstić information content (AvgIpc) is 2.67. The number of hydrogen-bond donors (Lipinski definition) is 2. The summed E-state index contributed by atoms with van der Waals surface area (Å²) in [4.78, 5) is 48.6. The minimum Gasteiger partial charge on any atom is -0.444 e. The third kappa shape index (κ3) is 10.5. The van der Waals surface area contributed by atoms with Crippen molar-refractivity contribution in [2.24, 2.45) is 5.41 Å². The summed E-state index contributed by atoms with van der Waals surface area (Å²) < 4.78 is 5.47. The van der Waals surface area contributed by atoms with Crippen LogP contribution in [0.5, 0.6) is 0 Å². The highest BCUT2D eigenvalue weighted by Gasteiger charge is 2.38. The van der Waals surface area contributed by atoms with Crippen molar-refractivity contribution in [2.45, 2.75) is 104 Å². The summed E-state index contributed by atoms with van der Waals surface area (Å²) >= 11 is 0. The molecule has 0 saturated carbocycles. The lowest BCUT2D eigenvalue weighted by atomic mass is 9.90. The van der Waals surface area contributed by atoms with E-state index >= 15 is 0 Å². The third-order valence-electron chi connectivity index (χ3n) is 6.52. The van der Waals surface area contributed by atoms with E-state index in [4.69, 9.17) is 4.74 Å². The van der Waals surface area contributed by atoms with Crippen molar-refractivity contribution in [3.8, 4) is 0 Å². The molecule has 0 aliphatic carbocycles. The molecule has 1 atom stereocenters. The molecule has 1 aromatic rings. The number of hydrogen-bond acceptors (Lipinski definition) is 5. The molecular formula is C27H46N2O5Si. The van der Waals surface area contributed by atoms with Crippen LogP contribution in [0.4, 0.5) is 10.5 Å². The summed E-state index contributed by atoms with van der Waals surface area (Å²) in [6, 6.07) is 7.27. The van der Waals surface area contributed by atoms with E-state index in [9.17, 15) is 19.2 Å². The Balaban J connectivity index is 3.01. The number of Topliss-reactive ketones (excluding diaryl/α,β-unsaturated/α-hetero) is 1. The van der Waals surface area contributed by atoms with Gasteiger partial charge in [0.25, 0.3) is 0 Å². The topological polar surface area (TPSA) is 95.9 Å². The number of anilines is 1. The minimum atomic E-state index is -2.38. The fourth-order valence-electron chi connectivity index (χ4n) is 3.23. The van der Waals surface area contributed by atoms with Gasteiger partial charge in [-0.15, -0.1) is 0 Å². The second-order valence-corrected chi connectivity index (χ2v) is 17.1. The SMILES string of the molecule is CC(C)(C)OC(=O)N[C@H](CCC(C)(C)[Si](C)(C)O)Cc1ccc(N(C=O)CC(=O)C(C)(C)C)cc1. The summed E-state index contributed by atoms with van der Waals surface area (Å²) in [6.07, 6.45) is 2.23. The molecule has 7 nitrogen and oxygen atoms in total. The highest BCUT2D eigenvalue weighted by Crippen LogP contribution is 2.40. The fourth-order valence-corrected chi connectivity index (χ4v) is 3.99. The first-order valence-electron chi connectivity index (χ1n) is 12.3. The van der Waals surface area contributed by atoms with Gasteiger partial charge in [0.2, 0.25) is 6.41 Å². The summed E-state index contributed by atoms with van der Waals surface area (Å²) in [5, 5.41) is 2.79. The van der Waals surface area contributed by atoms with Gasteiger partial charge >= 0.3 is 6.09 Å². The molecule has 0 fully saturated rings. The Morgan fingerprint density at radius 1 is 1.06 bits per heavy atom. The number of benzene rings is 1. The van der Waals surface area contributed by atoms with Gasteiger partial charge < -0.3 is 19.7 Å². The number of alkyl carbamates (subject to hydrolysis) is 1. The molecule has 1 aromatic carbocycles. The molecule has 0 aromatic heterocycles. The Morgan fingerprint density at radius 3 is 2.03 bits per heavy atom. The van der Waals surface area contributed by atoms with Crippen molar-refractivity contribution < 1.29 is 23.9 Å². The largest absolute Gasteiger partial charge is 0.444 e. The number of ether oxygens (including phenoxy) is 1. The Kier molecular flexibility index (Phi) is 10.3. The molecule has 1 rings (SSSR count). The maximum absolute atomic E-state index is 12.5. The predicted molar refractivity (Wildman–Crippen MR) is 144 cm³/mol. The molecule has 0 aliphatic heterocycles. The average molecular weight is 507 g/mol. The Hall–Kier alpha value is -2.19. The van der Waals surface area contributed by atoms with Gasteiger partial charge in [-0.1, -0.05) is 46.8 Å². The van der Waals surface area contributed by atoms with E-state index in [1.165, 1.54) is 4.90 Å². The van der Waals surface area contributed by atoms with Gasteiger partial charge in [0.1, 0.15) is 5.60 Å². The standard InChI is InChI=1S/C27H46N2O5Si/c1-25(2,3)23(31)18-29(19-30)22-13-11-20(12-14-22)17-21(28-24(32)34-26(4,5)6)15-16-27(7,8)35(9,10)33/h11-14,19,21,33H,15-18H2,1-10H3,(H,28,32)/t21-/m1/s1. The number of amides is 2. The third-order valence-corrected chi connectivity index (χ3v) is 10.1. The van der Waals surface area contributed by atoms with Crippen LogP contribution in [0.2, 0.25) is 18.1 Å². The van der Waals surface area contributed by atoms with Crippen LogP contribution in [-0.4, -0.2) is 49.6 Å². The van der Waals surface area contributed by atoms with Gasteiger partial charge in [0.05, 0.1) is 6.54 Å². The molecule has 0 aliphatic rings. The maximum atomic E-state index is 12.5. The monoisotopic (exact) mass is 506 g/mol. The lowest BCUT2D eigenvalue weighted by molar-refractivity contribution is -0.125. The second kappa shape index (κ2) is 11.7. The first kappa shape index (κ1) is 30.8. The van der Waals surface area contributed by atoms with Crippen LogP contribution in [0.25, 0.3) is 0 Å². The van der Waals surface area contributed by atoms with Crippen molar-refractivity contribution in [1.82, 2.24) is 5.32 Å². The zero-order valence-corrected chi connectivity index (χ0v) is 24.3. The molecule has 35 heavy (non-hydrogen) atoms. The van der Waals surface area contributed by atoms with Crippen molar-refractivity contribution in [3.63, 3.8) is 0 Å². The van der Waals surface area contributed by atoms with Crippen LogP contribution >= 0.6 is 0 Å². The quantitative estimate of drug-likeness (QED) is 0.307. The van der Waals surface area contributed by atoms with Crippen LogP contribution in [0.15, 0.2) is 24.3 Å². The summed E-state index contributed by atoms with van der Waals surface area (Å²) in [5.41, 5.74) is 0.508. The lowest BCUT2D eigenvalue weighted by Crippen LogP contribution is -2.43. The van der Waals surface area contributed by atoms with Gasteiger partial charge in [-0.2, -0.15) is 0 Å². The number of rotatable bonds is 11. The van der Waals surface area contributed by atoms with E-state index in [-0.39, 0.29) is 23.4 Å². The van der Waals surface area contributed by atoms with E-state index in [0.717, 1.165) is 12.0 Å². The highest BCUT2D eigenvalue weighted by molar-refractivity contribution is 6.72. The molecule has 8 heteroatoms. The number of carbonyl (C=O) groups is 3. The minimum absolute atomic E-state index is 0.0189. The molecule has 0 heterocycles. The normalized spacial score (nSPS) is 13.7. The van der Waals surface area contributed by atoms with E-state index in [2.05, 4.69) is 19.2 Å². The summed E-state index contributed by atoms with van der Waals surface area (Å²) in [6.45, 7) is 19.0. The van der Waals surface area contributed by atoms with Crippen LogP contribution < -0.4 is 10.2 Å². The van der Waals surface area contributed by atoms with Crippen LogP contribution in [0.1, 0.15) is 73.8 Å². The zero-order valence-electron chi connectivity index (χ0n) is 23.3. The fraction of sp³-hybridized carbons (Fsp3) is 0.667. The zero-order chi connectivity index (χ0) is 27.2. The van der Waals surface area contributed by atoms with Gasteiger partial charge in [0, 0.05) is 17.1 Å². The van der Waals surface area contributed by atoms with Gasteiger partial charge in [-0.05, 0) is 75.9 Å². The molecule has 0 unspecified atom stereocenters. The second-order valence-electron chi connectivity index (χ2n) is 12.6. The number of nitrogens with zero attached hydrogens (tertiary/aromatic N) is 1. The van der Waals surface area contributed by atoms with E-state index < -0.39 is 25.4 Å². The van der Waals surface area contributed by atoms with Crippen LogP contribution in [0.3, 0.4) is 0 Å². The Bertz CT molecular complexity index is 862. The van der Waals surface area contributed by atoms with E-state index in [1.807, 2.05) is 78.9 Å². The first-order chi connectivity index (χ1) is 15.7. The maximum Gasteiger partial charge on any atom is 0.407 e. The smallest absolute Gasteiger partial charge is 0.407 e. The Morgan fingerprint density at radius 2 is 1.60 bits per heavy atom. The molecule has 0 spiro atoms. The molecule has 0 bridgehead atoms. The summed E-state index contributed by atoms with van der Waals surface area (Å²) in [7, 11) is -2.38. The molecule has 2 amide bonds. The van der Waals surface area contributed by atoms with E-state index in [0.29, 0.717) is 24.9 Å².